The van der Waals surface area contributed by atoms with E-state index in [1.165, 1.54) is 13.3 Å². The van der Waals surface area contributed by atoms with Crippen molar-refractivity contribution >= 4 is 23.5 Å². The molecule has 0 unspecified atom stereocenters. The van der Waals surface area contributed by atoms with Gasteiger partial charge in [-0.2, -0.15) is 0 Å². The van der Waals surface area contributed by atoms with Crippen molar-refractivity contribution in [1.29, 1.82) is 0 Å². The van der Waals surface area contributed by atoms with Crippen LogP contribution in [0.15, 0.2) is 24.3 Å². The van der Waals surface area contributed by atoms with Crippen molar-refractivity contribution in [3.05, 3.63) is 29.8 Å². The van der Waals surface area contributed by atoms with Crippen LogP contribution in [-0.4, -0.2) is 29.9 Å². The smallest absolute Gasteiger partial charge is 0.311 e. The Labute approximate surface area is 154 Å². The maximum atomic E-state index is 12.3. The van der Waals surface area contributed by atoms with Crippen LogP contribution >= 0.6 is 0 Å². The number of benzene rings is 1. The van der Waals surface area contributed by atoms with Crippen LogP contribution in [0.1, 0.15) is 52.0 Å². The summed E-state index contributed by atoms with van der Waals surface area (Å²) in [6.07, 6.45) is 3.70. The van der Waals surface area contributed by atoms with Crippen molar-refractivity contribution in [1.82, 2.24) is 5.32 Å². The molecule has 0 saturated heterocycles. The second kappa shape index (κ2) is 9.36. The van der Waals surface area contributed by atoms with Gasteiger partial charge in [0.25, 0.3) is 5.91 Å². The maximum Gasteiger partial charge on any atom is 0.311 e. The van der Waals surface area contributed by atoms with Gasteiger partial charge in [0, 0.05) is 18.7 Å². The average Bonchev–Trinajstić information content (AvgIpc) is 2.58. The van der Waals surface area contributed by atoms with E-state index in [-0.39, 0.29) is 24.3 Å². The van der Waals surface area contributed by atoms with Gasteiger partial charge in [0.05, 0.1) is 6.42 Å². The number of carbonyl (C=O) groups is 3. The molecule has 1 aliphatic rings. The lowest BCUT2D eigenvalue weighted by molar-refractivity contribution is -0.154. The number of amides is 2. The fraction of sp³-hybridized carbons (Fsp3) is 0.550. The first-order chi connectivity index (χ1) is 12.3. The molecule has 2 amide bonds. The van der Waals surface area contributed by atoms with Gasteiger partial charge in [-0.05, 0) is 43.4 Å². The molecule has 2 rings (SSSR count). The number of rotatable bonds is 6. The van der Waals surface area contributed by atoms with Crippen molar-refractivity contribution in [2.45, 2.75) is 65.0 Å². The lowest BCUT2D eigenvalue weighted by atomic mass is 9.86. The number of anilines is 1. The summed E-state index contributed by atoms with van der Waals surface area (Å²) in [4.78, 5) is 35.3. The van der Waals surface area contributed by atoms with Crippen molar-refractivity contribution in [2.24, 2.45) is 5.92 Å². The highest BCUT2D eigenvalue weighted by molar-refractivity contribution is 5.88. The van der Waals surface area contributed by atoms with Gasteiger partial charge >= 0.3 is 5.97 Å². The number of carbonyl (C=O) groups excluding carboxylic acids is 3. The molecule has 0 heterocycles. The monoisotopic (exact) mass is 360 g/mol. The summed E-state index contributed by atoms with van der Waals surface area (Å²) in [5.74, 6) is -0.378. The summed E-state index contributed by atoms with van der Waals surface area (Å²) in [5, 5.41) is 5.67. The van der Waals surface area contributed by atoms with Crippen LogP contribution in [0, 0.1) is 5.92 Å². The largest absolute Gasteiger partial charge is 0.452 e. The summed E-state index contributed by atoms with van der Waals surface area (Å²) in [5.41, 5.74) is 1.43. The minimum atomic E-state index is -0.810. The van der Waals surface area contributed by atoms with E-state index in [9.17, 15) is 14.4 Å². The van der Waals surface area contributed by atoms with E-state index in [4.69, 9.17) is 4.74 Å². The zero-order valence-corrected chi connectivity index (χ0v) is 15.7. The molecular formula is C20H28N2O4. The molecular weight excluding hydrogens is 332 g/mol. The molecule has 1 saturated carbocycles. The minimum absolute atomic E-state index is 0.0812. The van der Waals surface area contributed by atoms with Crippen LogP contribution in [0.3, 0.4) is 0 Å². The predicted octanol–water partition coefficient (Wildman–Crippen LogP) is 2.81. The molecule has 142 valence electrons. The van der Waals surface area contributed by atoms with Gasteiger partial charge in [0.2, 0.25) is 5.91 Å². The minimum Gasteiger partial charge on any atom is -0.452 e. The standard InChI is InChI=1S/C20H28N2O4/c1-13-6-4-5-7-18(13)22-20(25)14(2)26-19(24)12-16-8-10-17(11-9-16)21-15(3)23/h8-11,13-14,18H,4-7,12H2,1-3H3,(H,21,23)(H,22,25)/t13-,14+,18-/m0/s1. The molecule has 2 N–H and O–H groups in total. The molecule has 1 aliphatic carbocycles. The number of hydrogen-bond acceptors (Lipinski definition) is 4. The molecule has 1 aromatic carbocycles. The first kappa shape index (κ1) is 19.9. The molecule has 6 heteroatoms. The lowest BCUT2D eigenvalue weighted by Gasteiger charge is -2.30. The van der Waals surface area contributed by atoms with Crippen LogP contribution in [-0.2, 0) is 25.5 Å². The fourth-order valence-electron chi connectivity index (χ4n) is 3.20. The maximum absolute atomic E-state index is 12.3. The van der Waals surface area contributed by atoms with Gasteiger partial charge in [-0.15, -0.1) is 0 Å². The molecule has 1 aromatic rings. The van der Waals surface area contributed by atoms with Crippen LogP contribution < -0.4 is 10.6 Å². The van der Waals surface area contributed by atoms with E-state index < -0.39 is 12.1 Å². The van der Waals surface area contributed by atoms with Gasteiger partial charge in [0.1, 0.15) is 0 Å². The van der Waals surface area contributed by atoms with E-state index in [1.54, 1.807) is 31.2 Å². The number of nitrogens with one attached hydrogen (secondary N) is 2. The van der Waals surface area contributed by atoms with Crippen LogP contribution in [0.25, 0.3) is 0 Å². The topological polar surface area (TPSA) is 84.5 Å². The van der Waals surface area contributed by atoms with Crippen molar-refractivity contribution in [2.75, 3.05) is 5.32 Å². The molecule has 0 aliphatic heterocycles. The lowest BCUT2D eigenvalue weighted by Crippen LogP contribution is -2.46. The molecule has 3 atom stereocenters. The van der Waals surface area contributed by atoms with E-state index in [2.05, 4.69) is 17.6 Å². The highest BCUT2D eigenvalue weighted by Gasteiger charge is 2.26. The number of ether oxygens (including phenoxy) is 1. The molecule has 0 aromatic heterocycles. The predicted molar refractivity (Wildman–Crippen MR) is 99.6 cm³/mol. The van der Waals surface area contributed by atoms with Crippen molar-refractivity contribution in [3.8, 4) is 0 Å². The Kier molecular flexibility index (Phi) is 7.18. The normalized spacial score (nSPS) is 20.7. The molecule has 6 nitrogen and oxygen atoms in total. The highest BCUT2D eigenvalue weighted by atomic mass is 16.5. The third-order valence-electron chi connectivity index (χ3n) is 4.74. The molecule has 26 heavy (non-hydrogen) atoms. The second-order valence-corrected chi connectivity index (χ2v) is 7.06. The quantitative estimate of drug-likeness (QED) is 0.764. The summed E-state index contributed by atoms with van der Waals surface area (Å²) in [6.45, 7) is 5.18. The Bertz CT molecular complexity index is 642. The Hall–Kier alpha value is -2.37. The van der Waals surface area contributed by atoms with Gasteiger partial charge in [-0.25, -0.2) is 0 Å². The van der Waals surface area contributed by atoms with Crippen LogP contribution in [0.2, 0.25) is 0 Å². The first-order valence-electron chi connectivity index (χ1n) is 9.21. The SMILES string of the molecule is CC(=O)Nc1ccc(CC(=O)O[C@H](C)C(=O)N[C@H]2CCCC[C@@H]2C)cc1. The Morgan fingerprint density at radius 1 is 1.15 bits per heavy atom. The zero-order valence-electron chi connectivity index (χ0n) is 15.7. The van der Waals surface area contributed by atoms with Gasteiger partial charge in [-0.1, -0.05) is 31.9 Å². The van der Waals surface area contributed by atoms with Crippen molar-refractivity contribution in [3.63, 3.8) is 0 Å². The summed E-state index contributed by atoms with van der Waals surface area (Å²) >= 11 is 0. The van der Waals surface area contributed by atoms with E-state index in [0.717, 1.165) is 24.8 Å². The van der Waals surface area contributed by atoms with Gasteiger partial charge < -0.3 is 15.4 Å². The summed E-state index contributed by atoms with van der Waals surface area (Å²) < 4.78 is 5.27. The third-order valence-corrected chi connectivity index (χ3v) is 4.74. The number of esters is 1. The molecule has 1 fully saturated rings. The second-order valence-electron chi connectivity index (χ2n) is 7.06. The molecule has 0 radical (unpaired) electrons. The van der Waals surface area contributed by atoms with E-state index >= 15 is 0 Å². The summed E-state index contributed by atoms with van der Waals surface area (Å²) in [6, 6.07) is 7.12. The molecule has 0 bridgehead atoms. The Morgan fingerprint density at radius 2 is 1.81 bits per heavy atom. The summed E-state index contributed by atoms with van der Waals surface area (Å²) in [7, 11) is 0. The van der Waals surface area contributed by atoms with Crippen LogP contribution in [0.4, 0.5) is 5.69 Å². The number of hydrogen-bond donors (Lipinski definition) is 2. The third kappa shape index (κ3) is 6.17. The first-order valence-corrected chi connectivity index (χ1v) is 9.21. The average molecular weight is 360 g/mol. The van der Waals surface area contributed by atoms with Gasteiger partial charge in [-0.3, -0.25) is 14.4 Å². The highest BCUT2D eigenvalue weighted by Crippen LogP contribution is 2.23. The van der Waals surface area contributed by atoms with Gasteiger partial charge in [0.15, 0.2) is 6.10 Å². The van der Waals surface area contributed by atoms with Crippen LogP contribution in [0.5, 0.6) is 0 Å². The van der Waals surface area contributed by atoms with E-state index in [0.29, 0.717) is 11.6 Å². The van der Waals surface area contributed by atoms with Crippen molar-refractivity contribution < 1.29 is 19.1 Å². The molecule has 0 spiro atoms. The Balaban J connectivity index is 1.80. The fourth-order valence-corrected chi connectivity index (χ4v) is 3.20. The van der Waals surface area contributed by atoms with E-state index in [1.807, 2.05) is 0 Å². The zero-order chi connectivity index (χ0) is 19.1. The Morgan fingerprint density at radius 3 is 2.42 bits per heavy atom.